The number of pyridine rings is 1. The van der Waals surface area contributed by atoms with Gasteiger partial charge in [-0.25, -0.2) is 4.98 Å². The fraction of sp³-hybridized carbons (Fsp3) is 0.294. The van der Waals surface area contributed by atoms with E-state index in [1.54, 1.807) is 4.57 Å². The lowest BCUT2D eigenvalue weighted by molar-refractivity contribution is 0.482. The Hall–Kier alpha value is -2.14. The molecule has 3 aromatic rings. The van der Waals surface area contributed by atoms with E-state index in [1.807, 2.05) is 45.0 Å². The van der Waals surface area contributed by atoms with Crippen molar-refractivity contribution in [2.24, 2.45) is 0 Å². The second kappa shape index (κ2) is 5.57. The molecule has 0 atom stereocenters. The zero-order valence-electron chi connectivity index (χ0n) is 12.9. The van der Waals surface area contributed by atoms with E-state index >= 15 is 0 Å². The van der Waals surface area contributed by atoms with E-state index in [4.69, 9.17) is 0 Å². The predicted octanol–water partition coefficient (Wildman–Crippen LogP) is 3.72. The molecule has 4 nitrogen and oxygen atoms in total. The van der Waals surface area contributed by atoms with Crippen molar-refractivity contribution in [3.05, 3.63) is 45.2 Å². The molecule has 0 spiro atoms. The topological polar surface area (TPSA) is 55.1 Å². The van der Waals surface area contributed by atoms with Crippen LogP contribution in [0.4, 0.5) is 0 Å². The number of thiazole rings is 1. The number of nitrogens with zero attached hydrogens (tertiary/aromatic N) is 2. The van der Waals surface area contributed by atoms with Gasteiger partial charge in [0.05, 0.1) is 10.6 Å². The highest BCUT2D eigenvalue weighted by Gasteiger charge is 2.21. The number of fused-ring (bicyclic) bond motifs is 1. The van der Waals surface area contributed by atoms with Gasteiger partial charge >= 0.3 is 0 Å². The van der Waals surface area contributed by atoms with Crippen LogP contribution in [0.1, 0.15) is 24.4 Å². The zero-order chi connectivity index (χ0) is 15.9. The van der Waals surface area contributed by atoms with E-state index in [0.29, 0.717) is 22.5 Å². The van der Waals surface area contributed by atoms with Crippen LogP contribution in [0.2, 0.25) is 0 Å². The fourth-order valence-electron chi connectivity index (χ4n) is 2.68. The van der Waals surface area contributed by atoms with Crippen molar-refractivity contribution in [1.82, 2.24) is 9.55 Å². The van der Waals surface area contributed by atoms with Gasteiger partial charge in [-0.05, 0) is 31.4 Å². The van der Waals surface area contributed by atoms with E-state index in [-0.39, 0.29) is 11.3 Å². The first-order chi connectivity index (χ1) is 10.6. The maximum atomic E-state index is 12.9. The molecule has 2 aromatic heterocycles. The highest BCUT2D eigenvalue weighted by atomic mass is 32.1. The van der Waals surface area contributed by atoms with E-state index in [2.05, 4.69) is 4.98 Å². The minimum Gasteiger partial charge on any atom is -0.505 e. The largest absolute Gasteiger partial charge is 0.505 e. The fourth-order valence-corrected chi connectivity index (χ4v) is 3.64. The first-order valence-electron chi connectivity index (χ1n) is 7.39. The Bertz CT molecular complexity index is 909. The quantitative estimate of drug-likeness (QED) is 0.801. The second-order valence-electron chi connectivity index (χ2n) is 5.20. The normalized spacial score (nSPS) is 11.2. The number of hydrogen-bond donors (Lipinski definition) is 1. The second-order valence-corrected chi connectivity index (χ2v) is 6.29. The maximum Gasteiger partial charge on any atom is 0.263 e. The molecular formula is C17H18N2O2S. The summed E-state index contributed by atoms with van der Waals surface area (Å²) < 4.78 is 2.34. The van der Waals surface area contributed by atoms with Crippen molar-refractivity contribution >= 4 is 21.7 Å². The third kappa shape index (κ3) is 2.13. The van der Waals surface area contributed by atoms with Crippen LogP contribution in [0.15, 0.2) is 29.1 Å². The number of benzene rings is 1. The third-order valence-corrected chi connectivity index (χ3v) is 5.05. The molecule has 0 bridgehead atoms. The molecule has 1 aromatic carbocycles. The van der Waals surface area contributed by atoms with Gasteiger partial charge in [0, 0.05) is 6.54 Å². The van der Waals surface area contributed by atoms with E-state index in [9.17, 15) is 9.90 Å². The number of hydrogen-bond acceptors (Lipinski definition) is 4. The maximum absolute atomic E-state index is 12.9. The van der Waals surface area contributed by atoms with Gasteiger partial charge in [0.2, 0.25) is 0 Å². The molecule has 0 unspecified atom stereocenters. The van der Waals surface area contributed by atoms with Crippen molar-refractivity contribution in [2.45, 2.75) is 33.7 Å². The van der Waals surface area contributed by atoms with Gasteiger partial charge < -0.3 is 5.11 Å². The van der Waals surface area contributed by atoms with E-state index in [0.717, 1.165) is 22.6 Å². The Morgan fingerprint density at radius 1 is 1.27 bits per heavy atom. The summed E-state index contributed by atoms with van der Waals surface area (Å²) in [7, 11) is 0. The first-order valence-corrected chi connectivity index (χ1v) is 8.21. The van der Waals surface area contributed by atoms with Crippen LogP contribution in [0.25, 0.3) is 21.5 Å². The van der Waals surface area contributed by atoms with Crippen molar-refractivity contribution < 1.29 is 5.11 Å². The predicted molar refractivity (Wildman–Crippen MR) is 90.8 cm³/mol. The van der Waals surface area contributed by atoms with Gasteiger partial charge in [0.25, 0.3) is 5.56 Å². The van der Waals surface area contributed by atoms with E-state index in [1.165, 1.54) is 11.3 Å². The Labute approximate surface area is 132 Å². The summed E-state index contributed by atoms with van der Waals surface area (Å²) in [5.74, 6) is 0.0520. The number of aryl methyl sites for hydroxylation is 3. The SMILES string of the molecule is CCc1nc2c(s1)c(O)c(-c1ccccc1C)c(=O)n2CC. The average molecular weight is 314 g/mol. The van der Waals surface area contributed by atoms with Gasteiger partial charge in [0.1, 0.15) is 10.4 Å². The van der Waals surface area contributed by atoms with Crippen molar-refractivity contribution in [3.8, 4) is 16.9 Å². The summed E-state index contributed by atoms with van der Waals surface area (Å²) in [4.78, 5) is 17.4. The van der Waals surface area contributed by atoms with Crippen LogP contribution in [-0.4, -0.2) is 14.7 Å². The molecule has 0 radical (unpaired) electrons. The molecule has 0 aliphatic rings. The van der Waals surface area contributed by atoms with E-state index < -0.39 is 0 Å². The molecule has 5 heteroatoms. The van der Waals surface area contributed by atoms with Crippen LogP contribution >= 0.6 is 11.3 Å². The summed E-state index contributed by atoms with van der Waals surface area (Å²) in [6.45, 7) is 6.41. The summed E-state index contributed by atoms with van der Waals surface area (Å²) in [5.41, 5.74) is 2.52. The van der Waals surface area contributed by atoms with Gasteiger partial charge in [-0.2, -0.15) is 0 Å². The molecule has 2 heterocycles. The average Bonchev–Trinajstić information content (AvgIpc) is 2.94. The molecule has 0 aliphatic heterocycles. The van der Waals surface area contributed by atoms with Gasteiger partial charge in [-0.1, -0.05) is 31.2 Å². The number of aromatic hydroxyl groups is 1. The molecule has 3 rings (SSSR count). The van der Waals surface area contributed by atoms with Gasteiger partial charge in [-0.15, -0.1) is 11.3 Å². The van der Waals surface area contributed by atoms with Crippen LogP contribution in [0, 0.1) is 6.92 Å². The van der Waals surface area contributed by atoms with Crippen molar-refractivity contribution in [1.29, 1.82) is 0 Å². The molecule has 0 saturated heterocycles. The Balaban J connectivity index is 2.46. The van der Waals surface area contributed by atoms with Gasteiger partial charge in [0.15, 0.2) is 5.65 Å². The minimum atomic E-state index is -0.185. The highest BCUT2D eigenvalue weighted by molar-refractivity contribution is 7.19. The highest BCUT2D eigenvalue weighted by Crippen LogP contribution is 2.37. The smallest absolute Gasteiger partial charge is 0.263 e. The van der Waals surface area contributed by atoms with Crippen molar-refractivity contribution in [3.63, 3.8) is 0 Å². The first kappa shape index (κ1) is 14.8. The lowest BCUT2D eigenvalue weighted by atomic mass is 10.0. The lowest BCUT2D eigenvalue weighted by Crippen LogP contribution is -2.21. The molecule has 0 aliphatic carbocycles. The summed E-state index contributed by atoms with van der Waals surface area (Å²) in [5, 5.41) is 11.6. The van der Waals surface area contributed by atoms with Crippen LogP contribution in [0.5, 0.6) is 5.75 Å². The minimum absolute atomic E-state index is 0.0520. The Kier molecular flexibility index (Phi) is 3.74. The number of rotatable bonds is 3. The Morgan fingerprint density at radius 2 is 2.00 bits per heavy atom. The van der Waals surface area contributed by atoms with Gasteiger partial charge in [-0.3, -0.25) is 9.36 Å². The molecular weight excluding hydrogens is 296 g/mol. The van der Waals surface area contributed by atoms with Crippen LogP contribution < -0.4 is 5.56 Å². The molecule has 0 saturated carbocycles. The lowest BCUT2D eigenvalue weighted by Gasteiger charge is -2.11. The molecule has 0 fully saturated rings. The zero-order valence-corrected chi connectivity index (χ0v) is 13.7. The molecule has 0 amide bonds. The standard InChI is InChI=1S/C17H18N2O2S/c1-4-12-18-16-15(22-12)14(20)13(17(21)19(16)5-2)11-9-7-6-8-10(11)3/h6-9,20H,4-5H2,1-3H3. The van der Waals surface area contributed by atoms with Crippen LogP contribution in [-0.2, 0) is 13.0 Å². The van der Waals surface area contributed by atoms with Crippen LogP contribution in [0.3, 0.4) is 0 Å². The molecule has 114 valence electrons. The molecule has 22 heavy (non-hydrogen) atoms. The monoisotopic (exact) mass is 314 g/mol. The number of aromatic nitrogens is 2. The Morgan fingerprint density at radius 3 is 2.64 bits per heavy atom. The molecule has 1 N–H and O–H groups in total. The van der Waals surface area contributed by atoms with Crippen molar-refractivity contribution in [2.75, 3.05) is 0 Å². The summed E-state index contributed by atoms with van der Waals surface area (Å²) >= 11 is 1.46. The summed E-state index contributed by atoms with van der Waals surface area (Å²) in [6.07, 6.45) is 0.788. The third-order valence-electron chi connectivity index (χ3n) is 3.85. The summed E-state index contributed by atoms with van der Waals surface area (Å²) in [6, 6.07) is 7.62.